The van der Waals surface area contributed by atoms with Crippen molar-refractivity contribution in [1.82, 2.24) is 15.2 Å². The Morgan fingerprint density at radius 2 is 1.72 bits per heavy atom. The van der Waals surface area contributed by atoms with Gasteiger partial charge in [-0.25, -0.2) is 4.79 Å². The fourth-order valence-electron chi connectivity index (χ4n) is 3.87. The minimum Gasteiger partial charge on any atom is -0.342 e. The molecule has 2 heterocycles. The third-order valence-corrected chi connectivity index (χ3v) is 5.78. The largest absolute Gasteiger partial charge is 0.342 e. The van der Waals surface area contributed by atoms with Crippen LogP contribution in [-0.2, 0) is 4.79 Å². The van der Waals surface area contributed by atoms with Crippen LogP contribution in [0.2, 0.25) is 0 Å². The predicted octanol–water partition coefficient (Wildman–Crippen LogP) is 3.88. The maximum atomic E-state index is 12.5. The van der Waals surface area contributed by atoms with Gasteiger partial charge in [-0.1, -0.05) is 19.9 Å². The highest BCUT2D eigenvalue weighted by molar-refractivity contribution is 6.04. The average Bonchev–Trinajstić information content (AvgIpc) is 2.81. The monoisotopic (exact) mass is 437 g/mol. The maximum Gasteiger partial charge on any atom is 0.319 e. The van der Waals surface area contributed by atoms with Crippen molar-refractivity contribution in [2.24, 2.45) is 5.92 Å². The van der Waals surface area contributed by atoms with Gasteiger partial charge in [-0.05, 0) is 56.0 Å². The number of hydrogen-bond acceptors (Lipinski definition) is 4. The molecule has 170 valence electrons. The lowest BCUT2D eigenvalue weighted by Gasteiger charge is -2.34. The molecule has 8 nitrogen and oxygen atoms in total. The van der Waals surface area contributed by atoms with E-state index in [9.17, 15) is 14.4 Å². The van der Waals surface area contributed by atoms with Crippen molar-refractivity contribution in [3.05, 3.63) is 54.4 Å². The van der Waals surface area contributed by atoms with E-state index < -0.39 is 0 Å². The lowest BCUT2D eigenvalue weighted by Crippen LogP contribution is -2.48. The number of aromatic nitrogens is 1. The van der Waals surface area contributed by atoms with Crippen molar-refractivity contribution in [3.8, 4) is 0 Å². The highest BCUT2D eigenvalue weighted by atomic mass is 16.2. The smallest absolute Gasteiger partial charge is 0.319 e. The number of pyridine rings is 1. The summed E-state index contributed by atoms with van der Waals surface area (Å²) in [5.41, 5.74) is 1.61. The van der Waals surface area contributed by atoms with E-state index in [1.54, 1.807) is 42.6 Å². The second-order valence-electron chi connectivity index (χ2n) is 7.99. The van der Waals surface area contributed by atoms with Crippen molar-refractivity contribution < 1.29 is 14.4 Å². The van der Waals surface area contributed by atoms with Gasteiger partial charge >= 0.3 is 6.03 Å². The van der Waals surface area contributed by atoms with E-state index in [0.717, 1.165) is 25.7 Å². The molecule has 1 aliphatic heterocycles. The van der Waals surface area contributed by atoms with Gasteiger partial charge in [-0.15, -0.1) is 0 Å². The van der Waals surface area contributed by atoms with Crippen LogP contribution in [0.1, 0.15) is 49.9 Å². The summed E-state index contributed by atoms with van der Waals surface area (Å²) in [6.07, 6.45) is 6.29. The number of urea groups is 1. The van der Waals surface area contributed by atoms with Gasteiger partial charge in [-0.3, -0.25) is 14.6 Å². The van der Waals surface area contributed by atoms with Crippen molar-refractivity contribution in [2.45, 2.75) is 45.6 Å². The molecule has 0 atom stereocenters. The summed E-state index contributed by atoms with van der Waals surface area (Å²) in [5, 5.41) is 8.60. The van der Waals surface area contributed by atoms with E-state index in [4.69, 9.17) is 0 Å². The molecule has 0 aliphatic carbocycles. The van der Waals surface area contributed by atoms with E-state index in [1.807, 2.05) is 18.7 Å². The number of benzene rings is 1. The van der Waals surface area contributed by atoms with Gasteiger partial charge in [0.2, 0.25) is 5.91 Å². The molecule has 4 amide bonds. The van der Waals surface area contributed by atoms with Crippen LogP contribution < -0.4 is 16.0 Å². The number of anilines is 2. The van der Waals surface area contributed by atoms with Gasteiger partial charge in [-0.2, -0.15) is 0 Å². The Morgan fingerprint density at radius 1 is 1.03 bits per heavy atom. The van der Waals surface area contributed by atoms with Crippen molar-refractivity contribution in [2.75, 3.05) is 23.7 Å². The summed E-state index contributed by atoms with van der Waals surface area (Å²) in [7, 11) is 0. The molecule has 0 spiro atoms. The number of likely N-dealkylation sites (tertiary alicyclic amines) is 1. The first-order valence-electron chi connectivity index (χ1n) is 11.2. The number of nitrogens with one attached hydrogen (secondary N) is 3. The quantitative estimate of drug-likeness (QED) is 0.611. The van der Waals surface area contributed by atoms with Crippen LogP contribution in [0.3, 0.4) is 0 Å². The Labute approximate surface area is 188 Å². The van der Waals surface area contributed by atoms with E-state index in [1.165, 1.54) is 6.20 Å². The van der Waals surface area contributed by atoms with Crippen LogP contribution in [0, 0.1) is 5.92 Å². The van der Waals surface area contributed by atoms with Crippen LogP contribution in [0.4, 0.5) is 16.2 Å². The Bertz CT molecular complexity index is 922. The molecule has 0 saturated carbocycles. The molecule has 3 rings (SSSR count). The van der Waals surface area contributed by atoms with Crippen molar-refractivity contribution >= 4 is 29.2 Å². The summed E-state index contributed by atoms with van der Waals surface area (Å²) >= 11 is 0. The molecule has 2 aromatic rings. The van der Waals surface area contributed by atoms with Gasteiger partial charge in [0.1, 0.15) is 0 Å². The Kier molecular flexibility index (Phi) is 8.19. The van der Waals surface area contributed by atoms with Crippen LogP contribution in [-0.4, -0.2) is 46.9 Å². The standard InChI is InChI=1S/C24H31N5O3/c1-3-17(4-2)23(31)29-13-10-19(11-14-29)27-24(32)28-21-9-5-8-20(15-21)26-22(30)18-7-6-12-25-16-18/h5-9,12,15-17,19H,3-4,10-11,13-14H2,1-2H3,(H,26,30)(H2,27,28,32). The summed E-state index contributed by atoms with van der Waals surface area (Å²) in [6, 6.07) is 10.1. The molecule has 1 fully saturated rings. The topological polar surface area (TPSA) is 103 Å². The van der Waals surface area contributed by atoms with Crippen molar-refractivity contribution in [3.63, 3.8) is 0 Å². The Morgan fingerprint density at radius 3 is 2.34 bits per heavy atom. The van der Waals surface area contributed by atoms with Gasteiger partial charge in [0.05, 0.1) is 5.56 Å². The molecule has 0 bridgehead atoms. The molecule has 8 heteroatoms. The Hall–Kier alpha value is -3.42. The number of nitrogens with zero attached hydrogens (tertiary/aromatic N) is 2. The molecule has 32 heavy (non-hydrogen) atoms. The van der Waals surface area contributed by atoms with Crippen LogP contribution in [0.15, 0.2) is 48.8 Å². The predicted molar refractivity (Wildman–Crippen MR) is 124 cm³/mol. The second-order valence-corrected chi connectivity index (χ2v) is 7.99. The lowest BCUT2D eigenvalue weighted by atomic mass is 9.98. The maximum absolute atomic E-state index is 12.5. The first kappa shape index (κ1) is 23.2. The minimum absolute atomic E-state index is 0.0224. The fourth-order valence-corrected chi connectivity index (χ4v) is 3.87. The first-order chi connectivity index (χ1) is 15.5. The number of carbonyl (C=O) groups is 3. The number of rotatable bonds is 7. The third-order valence-electron chi connectivity index (χ3n) is 5.78. The molecule has 1 aliphatic rings. The molecule has 1 saturated heterocycles. The SMILES string of the molecule is CCC(CC)C(=O)N1CCC(NC(=O)Nc2cccc(NC(=O)c3cccnc3)c2)CC1. The van der Waals surface area contributed by atoms with E-state index in [0.29, 0.717) is 30.0 Å². The summed E-state index contributed by atoms with van der Waals surface area (Å²) in [5.74, 6) is 0.0474. The molecular weight excluding hydrogens is 406 g/mol. The van der Waals surface area contributed by atoms with Crippen LogP contribution in [0.25, 0.3) is 0 Å². The number of amides is 4. The van der Waals surface area contributed by atoms with Gasteiger partial charge in [0.25, 0.3) is 5.91 Å². The van der Waals surface area contributed by atoms with E-state index in [-0.39, 0.29) is 29.8 Å². The molecule has 1 aromatic carbocycles. The number of piperidine rings is 1. The second kappa shape index (κ2) is 11.3. The molecule has 0 unspecified atom stereocenters. The van der Waals surface area contributed by atoms with Gasteiger partial charge < -0.3 is 20.9 Å². The summed E-state index contributed by atoms with van der Waals surface area (Å²) < 4.78 is 0. The van der Waals surface area contributed by atoms with Crippen LogP contribution in [0.5, 0.6) is 0 Å². The molecule has 3 N–H and O–H groups in total. The summed E-state index contributed by atoms with van der Waals surface area (Å²) in [6.45, 7) is 5.42. The highest BCUT2D eigenvalue weighted by Crippen LogP contribution is 2.19. The number of carbonyl (C=O) groups excluding carboxylic acids is 3. The van der Waals surface area contributed by atoms with E-state index in [2.05, 4.69) is 20.9 Å². The number of hydrogen-bond donors (Lipinski definition) is 3. The van der Waals surface area contributed by atoms with E-state index >= 15 is 0 Å². The fraction of sp³-hybridized carbons (Fsp3) is 0.417. The third kappa shape index (κ3) is 6.29. The first-order valence-corrected chi connectivity index (χ1v) is 11.2. The summed E-state index contributed by atoms with van der Waals surface area (Å²) in [4.78, 5) is 43.1. The molecule has 0 radical (unpaired) electrons. The molecular formula is C24H31N5O3. The van der Waals surface area contributed by atoms with Crippen LogP contribution >= 0.6 is 0 Å². The van der Waals surface area contributed by atoms with Gasteiger partial charge in [0.15, 0.2) is 0 Å². The zero-order valence-electron chi connectivity index (χ0n) is 18.6. The normalized spacial score (nSPS) is 14.2. The average molecular weight is 438 g/mol. The highest BCUT2D eigenvalue weighted by Gasteiger charge is 2.27. The minimum atomic E-state index is -0.300. The zero-order valence-corrected chi connectivity index (χ0v) is 18.6. The zero-order chi connectivity index (χ0) is 22.9. The lowest BCUT2D eigenvalue weighted by molar-refractivity contribution is -0.136. The molecule has 1 aromatic heterocycles. The Balaban J connectivity index is 1.48. The van der Waals surface area contributed by atoms with Crippen molar-refractivity contribution in [1.29, 1.82) is 0 Å². The van der Waals surface area contributed by atoms with Gasteiger partial charge in [0, 0.05) is 48.8 Å².